The molecule has 2 heterocycles. The van der Waals surface area contributed by atoms with E-state index in [9.17, 15) is 14.4 Å². The highest BCUT2D eigenvalue weighted by atomic mass is 16.5. The fraction of sp³-hybridized carbons (Fsp3) is 0.318. The molecule has 0 saturated carbocycles. The van der Waals surface area contributed by atoms with Gasteiger partial charge in [0.05, 0.1) is 19.8 Å². The number of allylic oxidation sites excluding steroid dienone is 2. The summed E-state index contributed by atoms with van der Waals surface area (Å²) in [6, 6.07) is 7.66. The summed E-state index contributed by atoms with van der Waals surface area (Å²) in [6.07, 6.45) is 6.61. The van der Waals surface area contributed by atoms with E-state index in [1.807, 2.05) is 29.2 Å². The largest absolute Gasteiger partial charge is 0.465 e. The van der Waals surface area contributed by atoms with Gasteiger partial charge in [0, 0.05) is 50.7 Å². The lowest BCUT2D eigenvalue weighted by atomic mass is 10.1. The van der Waals surface area contributed by atoms with Crippen LogP contribution in [-0.2, 0) is 23.9 Å². The number of hydrogen-bond acceptors (Lipinski definition) is 7. The maximum atomic E-state index is 12.5. The maximum absolute atomic E-state index is 12.5. The summed E-state index contributed by atoms with van der Waals surface area (Å²) in [5, 5.41) is 0. The molecule has 0 spiro atoms. The van der Waals surface area contributed by atoms with Crippen LogP contribution in [0.4, 0.5) is 11.4 Å². The Morgan fingerprint density at radius 2 is 1.43 bits per heavy atom. The molecule has 1 aromatic carbocycles. The lowest BCUT2D eigenvalue weighted by Crippen LogP contribution is -2.48. The molecule has 3 rings (SSSR count). The number of amides is 1. The summed E-state index contributed by atoms with van der Waals surface area (Å²) in [6.45, 7) is 4.48. The molecule has 0 aliphatic carbocycles. The van der Waals surface area contributed by atoms with Crippen LogP contribution in [0, 0.1) is 0 Å². The molecule has 1 amide bonds. The molecule has 158 valence electrons. The number of piperazine rings is 1. The number of hydrogen-bond donors (Lipinski definition) is 0. The average Bonchev–Trinajstić information content (AvgIpc) is 3.01. The monoisotopic (exact) mass is 411 g/mol. The van der Waals surface area contributed by atoms with Crippen molar-refractivity contribution >= 4 is 29.2 Å². The number of anilines is 2. The molecule has 30 heavy (non-hydrogen) atoms. The fourth-order valence-electron chi connectivity index (χ4n) is 3.47. The summed E-state index contributed by atoms with van der Waals surface area (Å²) in [5.41, 5.74) is 1.91. The fourth-order valence-corrected chi connectivity index (χ4v) is 3.47. The molecule has 0 bridgehead atoms. The SMILES string of the molecule is COC(=O)C1=C(C(=O)OC)N(c2ccc(N3CCN(C(C)=O)CC3)cc2)C=CC=C1. The Labute approximate surface area is 175 Å². The summed E-state index contributed by atoms with van der Waals surface area (Å²) in [4.78, 5) is 41.9. The Kier molecular flexibility index (Phi) is 6.56. The highest BCUT2D eigenvalue weighted by Crippen LogP contribution is 2.28. The normalized spacial score (nSPS) is 16.4. The van der Waals surface area contributed by atoms with Gasteiger partial charge in [-0.15, -0.1) is 0 Å². The van der Waals surface area contributed by atoms with Gasteiger partial charge in [-0.1, -0.05) is 6.08 Å². The standard InChI is InChI=1S/C22H25N3O5/c1-16(26)23-12-14-24(15-13-23)17-7-9-18(10-8-17)25-11-5-4-6-19(21(27)29-2)20(25)22(28)30-3/h4-11H,12-15H2,1-3H3. The molecular formula is C22H25N3O5. The smallest absolute Gasteiger partial charge is 0.355 e. The number of nitrogens with zero attached hydrogens (tertiary/aromatic N) is 3. The van der Waals surface area contributed by atoms with Gasteiger partial charge in [-0.05, 0) is 36.4 Å². The maximum Gasteiger partial charge on any atom is 0.355 e. The molecule has 0 atom stereocenters. The number of methoxy groups -OCH3 is 2. The topological polar surface area (TPSA) is 79.4 Å². The van der Waals surface area contributed by atoms with Gasteiger partial charge in [0.1, 0.15) is 5.70 Å². The lowest BCUT2D eigenvalue weighted by molar-refractivity contribution is -0.139. The van der Waals surface area contributed by atoms with Crippen LogP contribution >= 0.6 is 0 Å². The second-order valence-corrected chi connectivity index (χ2v) is 6.83. The number of carbonyl (C=O) groups excluding carboxylic acids is 3. The zero-order valence-electron chi connectivity index (χ0n) is 17.3. The Bertz CT molecular complexity index is 909. The number of ether oxygens (including phenoxy) is 2. The molecule has 1 aromatic rings. The van der Waals surface area contributed by atoms with Crippen LogP contribution in [0.1, 0.15) is 6.92 Å². The van der Waals surface area contributed by atoms with Crippen LogP contribution in [0.15, 0.2) is 60.0 Å². The summed E-state index contributed by atoms with van der Waals surface area (Å²) < 4.78 is 9.75. The van der Waals surface area contributed by atoms with E-state index in [2.05, 4.69) is 4.90 Å². The van der Waals surface area contributed by atoms with E-state index in [0.29, 0.717) is 18.8 Å². The molecule has 0 unspecified atom stereocenters. The van der Waals surface area contributed by atoms with E-state index in [0.717, 1.165) is 18.8 Å². The predicted octanol–water partition coefficient (Wildman–Crippen LogP) is 1.85. The van der Waals surface area contributed by atoms with Gasteiger partial charge < -0.3 is 24.2 Å². The molecule has 2 aliphatic heterocycles. The third-order valence-electron chi connectivity index (χ3n) is 5.11. The first kappa shape index (κ1) is 21.2. The number of benzene rings is 1. The Hall–Kier alpha value is -3.55. The second kappa shape index (κ2) is 9.30. The van der Waals surface area contributed by atoms with Crippen LogP contribution in [0.25, 0.3) is 0 Å². The average molecular weight is 411 g/mol. The molecular weight excluding hydrogens is 386 g/mol. The first-order valence-electron chi connectivity index (χ1n) is 9.61. The van der Waals surface area contributed by atoms with Crippen LogP contribution in [0.5, 0.6) is 0 Å². The van der Waals surface area contributed by atoms with Gasteiger partial charge in [-0.2, -0.15) is 0 Å². The van der Waals surface area contributed by atoms with E-state index in [1.54, 1.807) is 30.2 Å². The van der Waals surface area contributed by atoms with Gasteiger partial charge in [0.15, 0.2) is 0 Å². The zero-order chi connectivity index (χ0) is 21.7. The van der Waals surface area contributed by atoms with Crippen LogP contribution in [0.2, 0.25) is 0 Å². The minimum Gasteiger partial charge on any atom is -0.465 e. The minimum absolute atomic E-state index is 0.0807. The summed E-state index contributed by atoms with van der Waals surface area (Å²) in [7, 11) is 2.53. The number of rotatable bonds is 4. The molecule has 2 aliphatic rings. The molecule has 1 fully saturated rings. The molecule has 8 nitrogen and oxygen atoms in total. The van der Waals surface area contributed by atoms with E-state index < -0.39 is 11.9 Å². The van der Waals surface area contributed by atoms with Crippen molar-refractivity contribution < 1.29 is 23.9 Å². The molecule has 1 saturated heterocycles. The van der Waals surface area contributed by atoms with Crippen molar-refractivity contribution in [3.8, 4) is 0 Å². The number of carbonyl (C=O) groups is 3. The van der Waals surface area contributed by atoms with E-state index in [4.69, 9.17) is 9.47 Å². The van der Waals surface area contributed by atoms with Crippen molar-refractivity contribution in [3.63, 3.8) is 0 Å². The van der Waals surface area contributed by atoms with Crippen molar-refractivity contribution in [1.82, 2.24) is 4.90 Å². The highest BCUT2D eigenvalue weighted by molar-refractivity contribution is 6.05. The first-order valence-corrected chi connectivity index (χ1v) is 9.61. The van der Waals surface area contributed by atoms with Crippen LogP contribution in [0.3, 0.4) is 0 Å². The van der Waals surface area contributed by atoms with Crippen molar-refractivity contribution in [3.05, 3.63) is 60.0 Å². The molecule has 0 aromatic heterocycles. The third-order valence-corrected chi connectivity index (χ3v) is 5.11. The number of esters is 2. The minimum atomic E-state index is -0.643. The van der Waals surface area contributed by atoms with Gasteiger partial charge in [-0.3, -0.25) is 4.79 Å². The van der Waals surface area contributed by atoms with Crippen molar-refractivity contribution in [2.45, 2.75) is 6.92 Å². The molecule has 0 N–H and O–H groups in total. The zero-order valence-corrected chi connectivity index (χ0v) is 17.3. The van der Waals surface area contributed by atoms with Crippen molar-refractivity contribution in [2.24, 2.45) is 0 Å². The summed E-state index contributed by atoms with van der Waals surface area (Å²) >= 11 is 0. The lowest BCUT2D eigenvalue weighted by Gasteiger charge is -2.35. The van der Waals surface area contributed by atoms with Gasteiger partial charge in [0.25, 0.3) is 0 Å². The summed E-state index contributed by atoms with van der Waals surface area (Å²) in [5.74, 6) is -1.17. The van der Waals surface area contributed by atoms with Crippen molar-refractivity contribution in [2.75, 3.05) is 50.2 Å². The molecule has 8 heteroatoms. The Morgan fingerprint density at radius 3 is 2.00 bits per heavy atom. The second-order valence-electron chi connectivity index (χ2n) is 6.83. The van der Waals surface area contributed by atoms with Gasteiger partial charge >= 0.3 is 11.9 Å². The van der Waals surface area contributed by atoms with Gasteiger partial charge in [0.2, 0.25) is 5.91 Å². The van der Waals surface area contributed by atoms with Crippen molar-refractivity contribution in [1.29, 1.82) is 0 Å². The quantitative estimate of drug-likeness (QED) is 0.700. The van der Waals surface area contributed by atoms with E-state index in [1.165, 1.54) is 20.3 Å². The Morgan fingerprint density at radius 1 is 0.833 bits per heavy atom. The van der Waals surface area contributed by atoms with Crippen LogP contribution < -0.4 is 9.80 Å². The third kappa shape index (κ3) is 4.37. The Balaban J connectivity index is 1.88. The molecule has 0 radical (unpaired) electrons. The predicted molar refractivity (Wildman–Crippen MR) is 113 cm³/mol. The first-order chi connectivity index (χ1) is 14.5. The van der Waals surface area contributed by atoms with E-state index >= 15 is 0 Å². The van der Waals surface area contributed by atoms with Gasteiger partial charge in [-0.25, -0.2) is 9.59 Å². The van der Waals surface area contributed by atoms with Crippen LogP contribution in [-0.4, -0.2) is 63.1 Å². The van der Waals surface area contributed by atoms with E-state index in [-0.39, 0.29) is 17.2 Å². The highest BCUT2D eigenvalue weighted by Gasteiger charge is 2.27.